The molecule has 12 heteroatoms. The first-order valence-electron chi connectivity index (χ1n) is 12.0. The number of halogens is 2. The summed E-state index contributed by atoms with van der Waals surface area (Å²) in [5.74, 6) is 0.738. The van der Waals surface area contributed by atoms with Crippen LogP contribution in [-0.4, -0.2) is 78.9 Å². The number of thiazole rings is 1. The van der Waals surface area contributed by atoms with Crippen LogP contribution in [0, 0.1) is 0 Å². The molecule has 4 aliphatic rings. The van der Waals surface area contributed by atoms with E-state index in [-0.39, 0.29) is 30.3 Å². The predicted molar refractivity (Wildman–Crippen MR) is 126 cm³/mol. The minimum atomic E-state index is -2.71. The van der Waals surface area contributed by atoms with Gasteiger partial charge in [-0.15, -0.1) is 11.3 Å². The number of fused-ring (bicyclic) bond motifs is 3. The van der Waals surface area contributed by atoms with Crippen LogP contribution < -0.4 is 5.32 Å². The molecule has 186 valence electrons. The van der Waals surface area contributed by atoms with E-state index in [2.05, 4.69) is 15.4 Å². The van der Waals surface area contributed by atoms with E-state index in [9.17, 15) is 18.7 Å². The number of alkyl halides is 2. The first-order chi connectivity index (χ1) is 17.0. The molecule has 3 fully saturated rings. The van der Waals surface area contributed by atoms with E-state index in [1.54, 1.807) is 12.3 Å². The summed E-state index contributed by atoms with van der Waals surface area (Å²) in [6.07, 6.45) is 7.39. The average Bonchev–Trinajstić information content (AvgIpc) is 3.58. The number of aliphatic imine (C=N–C) groups is 1. The van der Waals surface area contributed by atoms with Gasteiger partial charge in [-0.05, 0) is 38.2 Å². The number of nitrogens with one attached hydrogen (secondary N) is 1. The lowest BCUT2D eigenvalue weighted by molar-refractivity contribution is -0.00192. The zero-order valence-corrected chi connectivity index (χ0v) is 19.9. The first-order valence-corrected chi connectivity index (χ1v) is 12.9. The van der Waals surface area contributed by atoms with Crippen LogP contribution >= 0.6 is 11.3 Å². The molecule has 0 aliphatic carbocycles. The zero-order valence-electron chi connectivity index (χ0n) is 19.1. The lowest BCUT2D eigenvalue weighted by Crippen LogP contribution is -2.60. The Bertz CT molecular complexity index is 1150. The molecule has 1 unspecified atom stereocenters. The van der Waals surface area contributed by atoms with Crippen LogP contribution in [0.2, 0.25) is 0 Å². The molecule has 0 saturated carbocycles. The summed E-state index contributed by atoms with van der Waals surface area (Å²) >= 11 is 1.49. The number of aliphatic hydroxyl groups excluding tert-OH is 1. The molecule has 0 aromatic carbocycles. The minimum absolute atomic E-state index is 0.0713. The zero-order chi connectivity index (χ0) is 24.1. The Hall–Kier alpha value is -2.86. The van der Waals surface area contributed by atoms with Crippen molar-refractivity contribution < 1.29 is 18.7 Å². The van der Waals surface area contributed by atoms with Gasteiger partial charge < -0.3 is 20.2 Å². The summed E-state index contributed by atoms with van der Waals surface area (Å²) < 4.78 is 26.9. The van der Waals surface area contributed by atoms with Crippen molar-refractivity contribution in [2.24, 2.45) is 4.99 Å². The topological polar surface area (TPSA) is 98.9 Å². The van der Waals surface area contributed by atoms with Gasteiger partial charge in [0, 0.05) is 54.1 Å². The number of aromatic nitrogens is 3. The Labute approximate surface area is 205 Å². The molecule has 35 heavy (non-hydrogen) atoms. The van der Waals surface area contributed by atoms with Crippen molar-refractivity contribution in [2.75, 3.05) is 13.1 Å². The molecule has 2 amide bonds. The Morgan fingerprint density at radius 1 is 1.26 bits per heavy atom. The fraction of sp³-hybridized carbons (Fsp3) is 0.565. The molecule has 0 radical (unpaired) electrons. The van der Waals surface area contributed by atoms with Crippen molar-refractivity contribution in [1.29, 1.82) is 0 Å². The maximum Gasteiger partial charge on any atom is 0.333 e. The van der Waals surface area contributed by atoms with Crippen LogP contribution in [0.1, 0.15) is 55.8 Å². The monoisotopic (exact) mass is 503 g/mol. The number of carbonyl (C=O) groups excluding carboxylic acids is 1. The number of rotatable bonds is 4. The van der Waals surface area contributed by atoms with E-state index in [1.807, 2.05) is 15.2 Å². The Kier molecular flexibility index (Phi) is 5.79. The average molecular weight is 504 g/mol. The second-order valence-electron chi connectivity index (χ2n) is 9.59. The first kappa shape index (κ1) is 22.6. The Morgan fingerprint density at radius 2 is 2.06 bits per heavy atom. The Balaban J connectivity index is 1.26. The van der Waals surface area contributed by atoms with Gasteiger partial charge >= 0.3 is 12.6 Å². The number of carbonyl (C=O) groups is 1. The molecule has 3 saturated heterocycles. The van der Waals surface area contributed by atoms with Gasteiger partial charge in [-0.25, -0.2) is 14.5 Å². The van der Waals surface area contributed by atoms with Crippen molar-refractivity contribution in [3.63, 3.8) is 0 Å². The van der Waals surface area contributed by atoms with Crippen molar-refractivity contribution in [2.45, 2.75) is 69.3 Å². The SMILES string of the molecule is O=C(N[C@H]1CC2=C(c3ccn(C(F)F)n3)CN=C(c3nccs3)N2C1)N1[C@@H]2CCC[C@H]1CC(O)C2. The molecule has 9 nitrogen and oxygen atoms in total. The number of aliphatic hydroxyl groups is 1. The smallest absolute Gasteiger partial charge is 0.333 e. The maximum atomic E-state index is 13.4. The second-order valence-corrected chi connectivity index (χ2v) is 10.5. The highest BCUT2D eigenvalue weighted by Crippen LogP contribution is 2.37. The predicted octanol–water partition coefficient (Wildman–Crippen LogP) is 3.07. The molecule has 0 spiro atoms. The highest BCUT2D eigenvalue weighted by Gasteiger charge is 2.42. The van der Waals surface area contributed by atoms with Crippen molar-refractivity contribution in [3.05, 3.63) is 40.2 Å². The summed E-state index contributed by atoms with van der Waals surface area (Å²) in [7, 11) is 0. The third kappa shape index (κ3) is 4.12. The molecular weight excluding hydrogens is 476 g/mol. The summed E-state index contributed by atoms with van der Waals surface area (Å²) in [6.45, 7) is -1.87. The summed E-state index contributed by atoms with van der Waals surface area (Å²) in [5.41, 5.74) is 2.20. The molecule has 2 N–H and O–H groups in total. The van der Waals surface area contributed by atoms with Crippen LogP contribution in [0.15, 0.2) is 34.5 Å². The quantitative estimate of drug-likeness (QED) is 0.668. The largest absolute Gasteiger partial charge is 0.393 e. The normalized spacial score (nSPS) is 28.4. The number of amides is 2. The van der Waals surface area contributed by atoms with Crippen LogP contribution in [0.4, 0.5) is 13.6 Å². The maximum absolute atomic E-state index is 13.4. The minimum Gasteiger partial charge on any atom is -0.393 e. The van der Waals surface area contributed by atoms with Crippen LogP contribution in [0.5, 0.6) is 0 Å². The molecule has 6 heterocycles. The summed E-state index contributed by atoms with van der Waals surface area (Å²) in [5, 5.41) is 20.1. The molecule has 4 aliphatic heterocycles. The number of amidine groups is 1. The molecule has 4 atom stereocenters. The molecule has 2 bridgehead atoms. The van der Waals surface area contributed by atoms with E-state index in [4.69, 9.17) is 4.99 Å². The van der Waals surface area contributed by atoms with Crippen LogP contribution in [-0.2, 0) is 0 Å². The summed E-state index contributed by atoms with van der Waals surface area (Å²) in [6, 6.07) is 1.47. The number of piperidine rings is 2. The highest BCUT2D eigenvalue weighted by molar-refractivity contribution is 7.11. The number of nitrogens with zero attached hydrogens (tertiary/aromatic N) is 6. The van der Waals surface area contributed by atoms with Gasteiger partial charge in [0.25, 0.3) is 0 Å². The van der Waals surface area contributed by atoms with Gasteiger partial charge in [-0.3, -0.25) is 4.99 Å². The van der Waals surface area contributed by atoms with Crippen molar-refractivity contribution >= 4 is 28.8 Å². The van der Waals surface area contributed by atoms with E-state index < -0.39 is 6.55 Å². The fourth-order valence-electron chi connectivity index (χ4n) is 5.95. The van der Waals surface area contributed by atoms with E-state index in [0.29, 0.717) is 42.7 Å². The lowest BCUT2D eigenvalue weighted by atomic mass is 9.83. The second kappa shape index (κ2) is 8.98. The Morgan fingerprint density at radius 3 is 2.74 bits per heavy atom. The number of urea groups is 1. The van der Waals surface area contributed by atoms with Crippen LogP contribution in [0.3, 0.4) is 0 Å². The standard InChI is InChI=1S/C23H27F2N7O2S/c24-22(25)31-6-4-18(29-31)17-11-27-20(21-26-5-7-35-21)30-12-13(8-19(17)30)28-23(34)32-14-2-1-3-15(32)10-16(33)9-14/h4-7,13-16,22,33H,1-3,8-12H2,(H,28,34)/t13-,14-,15+,16?/m0/s1. The molecule has 6 rings (SSSR count). The number of hydrogen-bond acceptors (Lipinski definition) is 7. The van der Waals surface area contributed by atoms with Gasteiger partial charge in [0.15, 0.2) is 10.8 Å². The molecule has 2 aromatic rings. The van der Waals surface area contributed by atoms with E-state index in [0.717, 1.165) is 41.4 Å². The van der Waals surface area contributed by atoms with Crippen molar-refractivity contribution in [3.8, 4) is 0 Å². The van der Waals surface area contributed by atoms with Gasteiger partial charge in [0.2, 0.25) is 0 Å². The number of hydrogen-bond donors (Lipinski definition) is 2. The van der Waals surface area contributed by atoms with E-state index >= 15 is 0 Å². The van der Waals surface area contributed by atoms with Crippen molar-refractivity contribution in [1.82, 2.24) is 29.9 Å². The summed E-state index contributed by atoms with van der Waals surface area (Å²) in [4.78, 5) is 26.5. The third-order valence-corrected chi connectivity index (χ3v) is 8.18. The van der Waals surface area contributed by atoms with Crippen LogP contribution in [0.25, 0.3) is 5.57 Å². The fourth-order valence-corrected chi connectivity index (χ4v) is 6.61. The van der Waals surface area contributed by atoms with Gasteiger partial charge in [-0.1, -0.05) is 0 Å². The van der Waals surface area contributed by atoms with Gasteiger partial charge in [0.05, 0.1) is 24.4 Å². The highest BCUT2D eigenvalue weighted by atomic mass is 32.1. The van der Waals surface area contributed by atoms with Gasteiger partial charge in [-0.2, -0.15) is 13.9 Å². The third-order valence-electron chi connectivity index (χ3n) is 7.41. The molecule has 2 aromatic heterocycles. The van der Waals surface area contributed by atoms with Gasteiger partial charge in [0.1, 0.15) is 0 Å². The molecular formula is C23H27F2N7O2S. The van der Waals surface area contributed by atoms with E-state index in [1.165, 1.54) is 17.5 Å². The lowest BCUT2D eigenvalue weighted by Gasteiger charge is -2.47.